The fraction of sp³-hybridized carbons (Fsp3) is 0.0625. The molecule has 12 heteroatoms. The second-order valence-electron chi connectivity index (χ2n) is 9.71. The van der Waals surface area contributed by atoms with Crippen LogP contribution < -0.4 is 15.6 Å². The molecule has 0 saturated heterocycles. The second kappa shape index (κ2) is 11.9. The van der Waals surface area contributed by atoms with Crippen LogP contribution in [0.4, 0.5) is 11.4 Å². The second-order valence-corrected chi connectivity index (χ2v) is 10.6. The molecule has 0 aliphatic heterocycles. The maximum atomic E-state index is 13.7. The summed E-state index contributed by atoms with van der Waals surface area (Å²) < 4.78 is 13.6. The summed E-state index contributed by atoms with van der Waals surface area (Å²) in [7, 11) is 0. The van der Waals surface area contributed by atoms with E-state index in [1.807, 2.05) is 31.2 Å². The number of halogens is 1. The number of ether oxygens (including phenoxy) is 1. The van der Waals surface area contributed by atoms with Gasteiger partial charge in [0, 0.05) is 27.2 Å². The number of aryl methyl sites for hydroxylation is 1. The highest BCUT2D eigenvalue weighted by molar-refractivity contribution is 9.10. The van der Waals surface area contributed by atoms with Crippen molar-refractivity contribution in [2.24, 2.45) is 5.10 Å². The van der Waals surface area contributed by atoms with Gasteiger partial charge in [-0.05, 0) is 61.0 Å². The van der Waals surface area contributed by atoms with Gasteiger partial charge in [0.2, 0.25) is 11.6 Å². The molecule has 2 heterocycles. The Morgan fingerprint density at radius 1 is 1.09 bits per heavy atom. The Morgan fingerprint density at radius 2 is 1.89 bits per heavy atom. The SMILES string of the molecule is Cc1ccccc1NC(=O)COc1c(C=Nn2c(-c3cc4cc(Br)ccc4o3)nc3ccccc3c2=O)cccc1[N+](=O)[O-]. The molecule has 0 aliphatic carbocycles. The molecule has 44 heavy (non-hydrogen) atoms. The van der Waals surface area contributed by atoms with Crippen molar-refractivity contribution in [2.45, 2.75) is 6.92 Å². The molecule has 0 spiro atoms. The Morgan fingerprint density at radius 3 is 2.70 bits per heavy atom. The van der Waals surface area contributed by atoms with E-state index in [9.17, 15) is 19.7 Å². The standard InChI is InChI=1S/C32H22BrN5O6/c1-19-7-2-4-10-24(19)35-29(39)18-43-30-20(8-6-12-26(30)38(41)42)17-34-37-31(36-25-11-5-3-9-23(25)32(37)40)28-16-21-15-22(33)13-14-27(21)44-28/h2-17H,18H2,1H3,(H,35,39). The number of furan rings is 1. The number of carbonyl (C=O) groups is 1. The number of anilines is 1. The minimum atomic E-state index is -0.617. The summed E-state index contributed by atoms with van der Waals surface area (Å²) in [6.45, 7) is 1.34. The summed E-state index contributed by atoms with van der Waals surface area (Å²) in [5.41, 5.74) is 1.79. The fourth-order valence-corrected chi connectivity index (χ4v) is 5.00. The first-order valence-corrected chi connectivity index (χ1v) is 14.1. The van der Waals surface area contributed by atoms with Crippen LogP contribution in [-0.4, -0.2) is 33.3 Å². The van der Waals surface area contributed by atoms with Crippen molar-refractivity contribution in [3.63, 3.8) is 0 Å². The molecule has 4 aromatic carbocycles. The average Bonchev–Trinajstić information content (AvgIpc) is 3.44. The molecule has 0 radical (unpaired) electrons. The Kier molecular flexibility index (Phi) is 7.73. The van der Waals surface area contributed by atoms with Crippen LogP contribution in [0.3, 0.4) is 0 Å². The van der Waals surface area contributed by atoms with Crippen LogP contribution in [0.2, 0.25) is 0 Å². The summed E-state index contributed by atoms with van der Waals surface area (Å²) in [6.07, 6.45) is 1.25. The molecule has 6 aromatic rings. The van der Waals surface area contributed by atoms with E-state index < -0.39 is 23.0 Å². The van der Waals surface area contributed by atoms with Crippen molar-refractivity contribution >= 4 is 61.3 Å². The van der Waals surface area contributed by atoms with Gasteiger partial charge in [0.1, 0.15) is 5.58 Å². The first-order valence-electron chi connectivity index (χ1n) is 13.3. The zero-order valence-corrected chi connectivity index (χ0v) is 24.6. The molecule has 0 aliphatic rings. The van der Waals surface area contributed by atoms with Gasteiger partial charge >= 0.3 is 5.69 Å². The number of fused-ring (bicyclic) bond motifs is 2. The lowest BCUT2D eigenvalue weighted by Crippen LogP contribution is -2.21. The lowest BCUT2D eigenvalue weighted by atomic mass is 10.2. The van der Waals surface area contributed by atoms with E-state index in [0.29, 0.717) is 27.9 Å². The molecule has 1 amide bonds. The van der Waals surface area contributed by atoms with Gasteiger partial charge < -0.3 is 14.5 Å². The maximum absolute atomic E-state index is 13.7. The lowest BCUT2D eigenvalue weighted by molar-refractivity contribution is -0.385. The number of amides is 1. The molecule has 6 rings (SSSR count). The monoisotopic (exact) mass is 651 g/mol. The third kappa shape index (κ3) is 5.70. The van der Waals surface area contributed by atoms with E-state index in [4.69, 9.17) is 9.15 Å². The molecular formula is C32H22BrN5O6. The Labute approximate surface area is 257 Å². The van der Waals surface area contributed by atoms with Gasteiger partial charge in [0.15, 0.2) is 12.4 Å². The Bertz CT molecular complexity index is 2170. The Hall–Kier alpha value is -5.62. The molecule has 1 N–H and O–H groups in total. The van der Waals surface area contributed by atoms with Crippen LogP contribution >= 0.6 is 15.9 Å². The van der Waals surface area contributed by atoms with Crippen molar-refractivity contribution in [1.29, 1.82) is 0 Å². The van der Waals surface area contributed by atoms with Gasteiger partial charge in [-0.1, -0.05) is 52.3 Å². The zero-order valence-electron chi connectivity index (χ0n) is 23.1. The smallest absolute Gasteiger partial charge is 0.311 e. The van der Waals surface area contributed by atoms with Crippen LogP contribution in [0, 0.1) is 17.0 Å². The maximum Gasteiger partial charge on any atom is 0.311 e. The Balaban J connectivity index is 1.40. The van der Waals surface area contributed by atoms with Gasteiger partial charge in [-0.15, -0.1) is 0 Å². The van der Waals surface area contributed by atoms with Crippen molar-refractivity contribution < 1.29 is 18.9 Å². The first-order chi connectivity index (χ1) is 21.3. The average molecular weight is 652 g/mol. The van der Waals surface area contributed by atoms with Crippen LogP contribution in [-0.2, 0) is 4.79 Å². The molecule has 0 saturated carbocycles. The van der Waals surface area contributed by atoms with E-state index in [-0.39, 0.29) is 22.8 Å². The van der Waals surface area contributed by atoms with E-state index in [1.165, 1.54) is 24.4 Å². The van der Waals surface area contributed by atoms with E-state index >= 15 is 0 Å². The minimum Gasteiger partial charge on any atom is -0.476 e. The van der Waals surface area contributed by atoms with E-state index in [2.05, 4.69) is 31.3 Å². The summed E-state index contributed by atoms with van der Waals surface area (Å²) in [5, 5.41) is 20.1. The highest BCUT2D eigenvalue weighted by Gasteiger charge is 2.21. The van der Waals surface area contributed by atoms with Crippen LogP contribution in [0.1, 0.15) is 11.1 Å². The first kappa shape index (κ1) is 28.5. The molecule has 0 atom stereocenters. The molecular weight excluding hydrogens is 630 g/mol. The lowest BCUT2D eigenvalue weighted by Gasteiger charge is -2.11. The highest BCUT2D eigenvalue weighted by Crippen LogP contribution is 2.31. The van der Waals surface area contributed by atoms with Gasteiger partial charge in [-0.25, -0.2) is 4.98 Å². The molecule has 218 valence electrons. The number of hydrogen-bond donors (Lipinski definition) is 1. The fourth-order valence-electron chi connectivity index (χ4n) is 4.62. The topological polar surface area (TPSA) is 142 Å². The van der Waals surface area contributed by atoms with Gasteiger partial charge in [-0.2, -0.15) is 9.78 Å². The number of rotatable bonds is 8. The van der Waals surface area contributed by atoms with Crippen molar-refractivity contribution in [2.75, 3.05) is 11.9 Å². The van der Waals surface area contributed by atoms with E-state index in [1.54, 1.807) is 48.5 Å². The summed E-state index contributed by atoms with van der Waals surface area (Å²) in [6, 6.07) is 25.5. The molecule has 0 bridgehead atoms. The van der Waals surface area contributed by atoms with Crippen molar-refractivity contribution in [3.05, 3.63) is 127 Å². The number of para-hydroxylation sites is 3. The predicted molar refractivity (Wildman–Crippen MR) is 170 cm³/mol. The number of benzene rings is 4. The quantitative estimate of drug-likeness (QED) is 0.110. The number of nitrogens with one attached hydrogen (secondary N) is 1. The van der Waals surface area contributed by atoms with Gasteiger partial charge in [0.05, 0.1) is 22.0 Å². The van der Waals surface area contributed by atoms with Crippen LogP contribution in [0.25, 0.3) is 33.5 Å². The third-order valence-electron chi connectivity index (χ3n) is 6.75. The summed E-state index contributed by atoms with van der Waals surface area (Å²) >= 11 is 3.45. The molecule has 2 aromatic heterocycles. The predicted octanol–water partition coefficient (Wildman–Crippen LogP) is 6.69. The molecule has 11 nitrogen and oxygen atoms in total. The van der Waals surface area contributed by atoms with Crippen LogP contribution in [0.5, 0.6) is 5.75 Å². The highest BCUT2D eigenvalue weighted by atomic mass is 79.9. The van der Waals surface area contributed by atoms with Gasteiger partial charge in [-0.3, -0.25) is 19.7 Å². The third-order valence-corrected chi connectivity index (χ3v) is 7.25. The number of nitro groups is 1. The number of carbonyl (C=O) groups excluding carboxylic acids is 1. The normalized spacial score (nSPS) is 11.3. The number of nitrogens with zero attached hydrogens (tertiary/aromatic N) is 4. The van der Waals surface area contributed by atoms with Crippen LogP contribution in [0.15, 0.2) is 110 Å². The van der Waals surface area contributed by atoms with Gasteiger partial charge in [0.25, 0.3) is 11.5 Å². The summed E-state index contributed by atoms with van der Waals surface area (Å²) in [5.74, 6) is -0.267. The molecule has 0 fully saturated rings. The number of hydrogen-bond acceptors (Lipinski definition) is 8. The largest absolute Gasteiger partial charge is 0.476 e. The van der Waals surface area contributed by atoms with E-state index in [0.717, 1.165) is 20.1 Å². The summed E-state index contributed by atoms with van der Waals surface area (Å²) in [4.78, 5) is 42.2. The van der Waals surface area contributed by atoms with Crippen molar-refractivity contribution in [1.82, 2.24) is 9.66 Å². The van der Waals surface area contributed by atoms with Crippen molar-refractivity contribution in [3.8, 4) is 17.3 Å². The zero-order chi connectivity index (χ0) is 30.8. The number of nitro benzene ring substituents is 1. The molecule has 0 unspecified atom stereocenters. The number of aromatic nitrogens is 2. The minimum absolute atomic E-state index is 0.128.